The maximum Gasteiger partial charge on any atom is 0.306 e. The van der Waals surface area contributed by atoms with Crippen LogP contribution in [-0.2, 0) is 28.6 Å². The van der Waals surface area contributed by atoms with Crippen molar-refractivity contribution in [3.63, 3.8) is 0 Å². The van der Waals surface area contributed by atoms with Crippen LogP contribution in [0.4, 0.5) is 0 Å². The zero-order valence-corrected chi connectivity index (χ0v) is 47.6. The molecule has 0 fully saturated rings. The van der Waals surface area contributed by atoms with Crippen molar-refractivity contribution in [2.75, 3.05) is 13.2 Å². The molecule has 0 aromatic rings. The third-order valence-electron chi connectivity index (χ3n) is 12.7. The van der Waals surface area contributed by atoms with Crippen molar-refractivity contribution in [1.29, 1.82) is 0 Å². The second kappa shape index (κ2) is 60.6. The summed E-state index contributed by atoms with van der Waals surface area (Å²) in [5, 5.41) is 0. The first-order chi connectivity index (χ1) is 36.0. The van der Waals surface area contributed by atoms with E-state index in [2.05, 4.69) is 130 Å². The Kier molecular flexibility index (Phi) is 57.4. The van der Waals surface area contributed by atoms with Gasteiger partial charge in [0.15, 0.2) is 6.10 Å². The van der Waals surface area contributed by atoms with Crippen LogP contribution in [-0.4, -0.2) is 37.2 Å². The van der Waals surface area contributed by atoms with Crippen LogP contribution in [0.5, 0.6) is 0 Å². The molecule has 1 atom stereocenters. The Morgan fingerprint density at radius 2 is 0.534 bits per heavy atom. The molecule has 0 aliphatic carbocycles. The summed E-state index contributed by atoms with van der Waals surface area (Å²) < 4.78 is 16.8. The van der Waals surface area contributed by atoms with Crippen LogP contribution in [0.3, 0.4) is 0 Å². The van der Waals surface area contributed by atoms with Crippen LogP contribution in [0.15, 0.2) is 109 Å². The van der Waals surface area contributed by atoms with Gasteiger partial charge in [-0.1, -0.05) is 239 Å². The zero-order valence-electron chi connectivity index (χ0n) is 47.6. The fraction of sp³-hybridized carbons (Fsp3) is 0.687. The van der Waals surface area contributed by atoms with Crippen LogP contribution in [0.25, 0.3) is 0 Å². The summed E-state index contributed by atoms with van der Waals surface area (Å²) in [6.45, 7) is 6.44. The second-order valence-corrected chi connectivity index (χ2v) is 19.9. The number of rotatable bonds is 54. The Morgan fingerprint density at radius 3 is 0.918 bits per heavy atom. The summed E-state index contributed by atoms with van der Waals surface area (Å²) in [5.74, 6) is -0.973. The molecule has 0 radical (unpaired) electrons. The number of hydrogen-bond acceptors (Lipinski definition) is 6. The molecule has 0 aromatic heterocycles. The van der Waals surface area contributed by atoms with E-state index in [0.29, 0.717) is 19.3 Å². The van der Waals surface area contributed by atoms with Gasteiger partial charge in [-0.25, -0.2) is 0 Å². The van der Waals surface area contributed by atoms with E-state index >= 15 is 0 Å². The molecule has 73 heavy (non-hydrogen) atoms. The van der Waals surface area contributed by atoms with Crippen LogP contribution in [0.1, 0.15) is 278 Å². The minimum atomic E-state index is -0.811. The molecule has 0 spiro atoms. The zero-order chi connectivity index (χ0) is 52.9. The van der Waals surface area contributed by atoms with Gasteiger partial charge < -0.3 is 14.2 Å². The monoisotopic (exact) mass is 1010 g/mol. The number of carbonyl (C=O) groups excluding carboxylic acids is 3. The molecule has 0 bridgehead atoms. The van der Waals surface area contributed by atoms with Gasteiger partial charge in [-0.05, 0) is 128 Å². The molecular formula is C67H112O6. The second-order valence-electron chi connectivity index (χ2n) is 19.9. The maximum atomic E-state index is 12.9. The van der Waals surface area contributed by atoms with E-state index in [-0.39, 0.29) is 31.1 Å². The molecule has 0 N–H and O–H groups in total. The lowest BCUT2D eigenvalue weighted by atomic mass is 10.0. The van der Waals surface area contributed by atoms with Gasteiger partial charge in [0.1, 0.15) is 13.2 Å². The molecule has 0 saturated heterocycles. The van der Waals surface area contributed by atoms with Gasteiger partial charge in [0.2, 0.25) is 0 Å². The predicted octanol–water partition coefficient (Wildman–Crippen LogP) is 20.7. The number of esters is 3. The van der Waals surface area contributed by atoms with Crippen LogP contribution >= 0.6 is 0 Å². The van der Waals surface area contributed by atoms with Crippen molar-refractivity contribution >= 4 is 17.9 Å². The Hall–Kier alpha value is -3.93. The Bertz CT molecular complexity index is 1490. The maximum absolute atomic E-state index is 12.9. The minimum absolute atomic E-state index is 0.108. The molecule has 0 aliphatic heterocycles. The summed E-state index contributed by atoms with van der Waals surface area (Å²) in [6, 6.07) is 0. The molecule has 0 aliphatic rings. The first kappa shape index (κ1) is 69.1. The Morgan fingerprint density at radius 1 is 0.288 bits per heavy atom. The van der Waals surface area contributed by atoms with E-state index in [1.165, 1.54) is 128 Å². The standard InChI is InChI=1S/C67H112O6/c1-4-7-10-13-16-19-22-25-28-30-32-33-35-37-40-43-46-49-52-55-58-61-67(70)73-64(62-71-65(68)59-56-53-50-47-44-41-38-27-24-21-18-15-12-9-6-3)63-72-66(69)60-57-54-51-48-45-42-39-36-34-31-29-26-23-20-17-14-11-8-5-2/h8,11,17-18,20-21,25-29,34,36,38,42,44-45,47,64H,4-7,9-10,12-16,19,22-24,30-33,35,37,39-41,43,46,48-63H2,1-3H3/b11-8-,20-17-,21-18-,28-25-,29-26-,36-34-,38-27-,45-42-,47-44-/t64-/m0/s1. The molecule has 6 heteroatoms. The molecule has 0 unspecified atom stereocenters. The number of ether oxygens (including phenoxy) is 3. The van der Waals surface area contributed by atoms with Gasteiger partial charge in [-0.2, -0.15) is 0 Å². The van der Waals surface area contributed by atoms with Gasteiger partial charge in [0, 0.05) is 19.3 Å². The van der Waals surface area contributed by atoms with E-state index in [1.807, 2.05) is 0 Å². The highest BCUT2D eigenvalue weighted by molar-refractivity contribution is 5.71. The topological polar surface area (TPSA) is 78.9 Å². The normalized spacial score (nSPS) is 12.9. The van der Waals surface area contributed by atoms with E-state index in [1.54, 1.807) is 0 Å². The first-order valence-electron chi connectivity index (χ1n) is 30.4. The molecular weight excluding hydrogens is 901 g/mol. The highest BCUT2D eigenvalue weighted by atomic mass is 16.6. The summed E-state index contributed by atoms with van der Waals surface area (Å²) in [5.41, 5.74) is 0. The lowest BCUT2D eigenvalue weighted by Gasteiger charge is -2.18. The largest absolute Gasteiger partial charge is 0.462 e. The molecule has 0 amide bonds. The van der Waals surface area contributed by atoms with Crippen molar-refractivity contribution in [3.8, 4) is 0 Å². The smallest absolute Gasteiger partial charge is 0.306 e. The van der Waals surface area contributed by atoms with Crippen LogP contribution in [0, 0.1) is 0 Å². The molecule has 6 nitrogen and oxygen atoms in total. The predicted molar refractivity (Wildman–Crippen MR) is 316 cm³/mol. The highest BCUT2D eigenvalue weighted by Crippen LogP contribution is 2.15. The third-order valence-corrected chi connectivity index (χ3v) is 12.7. The van der Waals surface area contributed by atoms with Crippen molar-refractivity contribution in [1.82, 2.24) is 0 Å². The van der Waals surface area contributed by atoms with E-state index < -0.39 is 6.10 Å². The number of allylic oxidation sites excluding steroid dienone is 18. The number of hydrogen-bond donors (Lipinski definition) is 0. The summed E-state index contributed by atoms with van der Waals surface area (Å²) in [6.07, 6.45) is 82.3. The van der Waals surface area contributed by atoms with Gasteiger partial charge in [0.05, 0.1) is 0 Å². The summed E-state index contributed by atoms with van der Waals surface area (Å²) >= 11 is 0. The average molecular weight is 1010 g/mol. The quantitative estimate of drug-likeness (QED) is 0.0261. The average Bonchev–Trinajstić information content (AvgIpc) is 3.39. The minimum Gasteiger partial charge on any atom is -0.462 e. The van der Waals surface area contributed by atoms with Crippen LogP contribution in [0.2, 0.25) is 0 Å². The van der Waals surface area contributed by atoms with Crippen molar-refractivity contribution in [3.05, 3.63) is 109 Å². The van der Waals surface area contributed by atoms with Crippen molar-refractivity contribution in [2.45, 2.75) is 284 Å². The third kappa shape index (κ3) is 58.8. The lowest BCUT2D eigenvalue weighted by Crippen LogP contribution is -2.30. The van der Waals surface area contributed by atoms with Gasteiger partial charge in [-0.3, -0.25) is 14.4 Å². The first-order valence-corrected chi connectivity index (χ1v) is 30.4. The molecule has 0 aromatic carbocycles. The molecule has 416 valence electrons. The summed E-state index contributed by atoms with van der Waals surface area (Å²) in [7, 11) is 0. The molecule has 0 saturated carbocycles. The highest BCUT2D eigenvalue weighted by Gasteiger charge is 2.19. The number of unbranched alkanes of at least 4 members (excludes halogenated alkanes) is 25. The molecule has 0 rings (SSSR count). The van der Waals surface area contributed by atoms with Crippen LogP contribution < -0.4 is 0 Å². The van der Waals surface area contributed by atoms with E-state index in [9.17, 15) is 14.4 Å². The van der Waals surface area contributed by atoms with Crippen molar-refractivity contribution < 1.29 is 28.6 Å². The van der Waals surface area contributed by atoms with Gasteiger partial charge in [-0.15, -0.1) is 0 Å². The van der Waals surface area contributed by atoms with E-state index in [0.717, 1.165) is 109 Å². The fourth-order valence-corrected chi connectivity index (χ4v) is 8.18. The Labute approximate surface area is 450 Å². The van der Waals surface area contributed by atoms with Gasteiger partial charge in [0.25, 0.3) is 0 Å². The van der Waals surface area contributed by atoms with E-state index in [4.69, 9.17) is 14.2 Å². The number of carbonyl (C=O) groups is 3. The Balaban J connectivity index is 4.47. The lowest BCUT2D eigenvalue weighted by molar-refractivity contribution is -0.167. The molecule has 0 heterocycles. The van der Waals surface area contributed by atoms with Gasteiger partial charge >= 0.3 is 17.9 Å². The SMILES string of the molecule is CC/C=C\C/C=C\C/C=C\C/C=C\C/C=C\CCCCCC(=O)OC[C@H](COC(=O)CCCC/C=C\C/C=C\C/C=C\CCCCC)OC(=O)CCCCCCCCCCCCC/C=C\CCCCCCCC. The summed E-state index contributed by atoms with van der Waals surface area (Å²) in [4.78, 5) is 38.2. The fourth-order valence-electron chi connectivity index (χ4n) is 8.18. The van der Waals surface area contributed by atoms with Crippen molar-refractivity contribution in [2.24, 2.45) is 0 Å².